The fourth-order valence-electron chi connectivity index (χ4n) is 2.64. The molecule has 8 heteroatoms. The Morgan fingerprint density at radius 1 is 0.933 bits per heavy atom. The highest BCUT2D eigenvalue weighted by molar-refractivity contribution is 5.94. The van der Waals surface area contributed by atoms with E-state index in [1.54, 1.807) is 19.2 Å². The molecule has 2 rings (SSSR count). The minimum atomic E-state index is -4.35. The molecule has 0 aromatic heterocycles. The van der Waals surface area contributed by atoms with E-state index in [2.05, 4.69) is 20.9 Å². The van der Waals surface area contributed by atoms with Crippen molar-refractivity contribution in [3.8, 4) is 0 Å². The molecular weight excluding hydrogens is 393 g/mol. The standard InChI is InChI=1S/C22H27F3N4O/c1-21(2,3)29-19(30)17-7-5-6-16(12-17)14-28-20(26-4)27-13-15-8-10-18(11-9-15)22(23,24)25/h5-12H,13-14H2,1-4H3,(H,29,30)(H2,26,27,28). The first-order chi connectivity index (χ1) is 14.0. The fourth-order valence-corrected chi connectivity index (χ4v) is 2.64. The first-order valence-corrected chi connectivity index (χ1v) is 9.50. The minimum Gasteiger partial charge on any atom is -0.352 e. The lowest BCUT2D eigenvalue weighted by Crippen LogP contribution is -2.40. The number of hydrogen-bond donors (Lipinski definition) is 3. The van der Waals surface area contributed by atoms with Gasteiger partial charge in [0.1, 0.15) is 0 Å². The Balaban J connectivity index is 1.91. The molecule has 3 N–H and O–H groups in total. The quantitative estimate of drug-likeness (QED) is 0.504. The SMILES string of the molecule is CN=C(NCc1ccc(C(F)(F)F)cc1)NCc1cccc(C(=O)NC(C)(C)C)c1. The number of alkyl halides is 3. The van der Waals surface area contributed by atoms with Gasteiger partial charge in [0.2, 0.25) is 0 Å². The van der Waals surface area contributed by atoms with Crippen molar-refractivity contribution < 1.29 is 18.0 Å². The van der Waals surface area contributed by atoms with E-state index < -0.39 is 11.7 Å². The van der Waals surface area contributed by atoms with Gasteiger partial charge in [-0.05, 0) is 56.2 Å². The van der Waals surface area contributed by atoms with Crippen molar-refractivity contribution in [1.29, 1.82) is 0 Å². The number of amides is 1. The Kier molecular flexibility index (Phi) is 7.48. The zero-order chi connectivity index (χ0) is 22.4. The van der Waals surface area contributed by atoms with Crippen LogP contribution < -0.4 is 16.0 Å². The third kappa shape index (κ3) is 7.42. The zero-order valence-electron chi connectivity index (χ0n) is 17.5. The largest absolute Gasteiger partial charge is 0.416 e. The lowest BCUT2D eigenvalue weighted by atomic mass is 10.1. The molecular formula is C22H27F3N4O. The van der Waals surface area contributed by atoms with Crippen molar-refractivity contribution in [1.82, 2.24) is 16.0 Å². The first-order valence-electron chi connectivity index (χ1n) is 9.50. The molecule has 2 aromatic rings. The van der Waals surface area contributed by atoms with Crippen molar-refractivity contribution >= 4 is 11.9 Å². The van der Waals surface area contributed by atoms with E-state index in [9.17, 15) is 18.0 Å². The Labute approximate surface area is 174 Å². The van der Waals surface area contributed by atoms with Gasteiger partial charge in [-0.2, -0.15) is 13.2 Å². The van der Waals surface area contributed by atoms with Gasteiger partial charge < -0.3 is 16.0 Å². The van der Waals surface area contributed by atoms with Crippen molar-refractivity contribution in [3.63, 3.8) is 0 Å². The van der Waals surface area contributed by atoms with E-state index in [1.807, 2.05) is 32.9 Å². The maximum absolute atomic E-state index is 12.6. The van der Waals surface area contributed by atoms with Crippen LogP contribution in [-0.4, -0.2) is 24.5 Å². The molecule has 0 saturated carbocycles. The molecule has 5 nitrogen and oxygen atoms in total. The Morgan fingerprint density at radius 2 is 1.53 bits per heavy atom. The average Bonchev–Trinajstić information content (AvgIpc) is 2.66. The van der Waals surface area contributed by atoms with Crippen LogP contribution >= 0.6 is 0 Å². The van der Waals surface area contributed by atoms with Crippen LogP contribution in [0.3, 0.4) is 0 Å². The summed E-state index contributed by atoms with van der Waals surface area (Å²) in [5.74, 6) is 0.355. The van der Waals surface area contributed by atoms with Crippen molar-refractivity contribution in [2.45, 2.75) is 45.6 Å². The van der Waals surface area contributed by atoms with Crippen LogP contribution in [0.4, 0.5) is 13.2 Å². The van der Waals surface area contributed by atoms with E-state index in [1.165, 1.54) is 12.1 Å². The number of rotatable bonds is 5. The molecule has 2 aromatic carbocycles. The van der Waals surface area contributed by atoms with Crippen LogP contribution in [0.2, 0.25) is 0 Å². The molecule has 0 unspecified atom stereocenters. The topological polar surface area (TPSA) is 65.5 Å². The second-order valence-corrected chi connectivity index (χ2v) is 7.88. The Bertz CT molecular complexity index is 884. The number of guanidine groups is 1. The summed E-state index contributed by atoms with van der Waals surface area (Å²) in [6.45, 7) is 6.52. The average molecular weight is 420 g/mol. The highest BCUT2D eigenvalue weighted by Gasteiger charge is 2.29. The number of aliphatic imine (C=N–C) groups is 1. The predicted octanol–water partition coefficient (Wildman–Crippen LogP) is 4.10. The molecule has 0 heterocycles. The van der Waals surface area contributed by atoms with E-state index in [4.69, 9.17) is 0 Å². The van der Waals surface area contributed by atoms with Gasteiger partial charge in [0, 0.05) is 31.2 Å². The molecule has 0 fully saturated rings. The molecule has 1 amide bonds. The van der Waals surface area contributed by atoms with E-state index in [0.717, 1.165) is 17.7 Å². The molecule has 0 atom stereocenters. The van der Waals surface area contributed by atoms with E-state index in [0.29, 0.717) is 30.2 Å². The summed E-state index contributed by atoms with van der Waals surface area (Å²) >= 11 is 0. The summed E-state index contributed by atoms with van der Waals surface area (Å²) in [6.07, 6.45) is -4.35. The number of hydrogen-bond acceptors (Lipinski definition) is 2. The van der Waals surface area contributed by atoms with Gasteiger partial charge >= 0.3 is 6.18 Å². The maximum Gasteiger partial charge on any atom is 0.416 e. The summed E-state index contributed by atoms with van der Waals surface area (Å²) in [6, 6.07) is 12.2. The number of carbonyl (C=O) groups is 1. The van der Waals surface area contributed by atoms with E-state index >= 15 is 0 Å². The van der Waals surface area contributed by atoms with Crippen molar-refractivity contribution in [3.05, 3.63) is 70.8 Å². The number of nitrogens with zero attached hydrogens (tertiary/aromatic N) is 1. The van der Waals surface area contributed by atoms with Crippen LogP contribution in [0.25, 0.3) is 0 Å². The molecule has 0 spiro atoms. The third-order valence-corrected chi connectivity index (χ3v) is 4.10. The molecule has 162 valence electrons. The van der Waals surface area contributed by atoms with Gasteiger partial charge in [0.15, 0.2) is 5.96 Å². The monoisotopic (exact) mass is 420 g/mol. The summed E-state index contributed by atoms with van der Waals surface area (Å²) in [7, 11) is 1.61. The molecule has 0 aliphatic rings. The predicted molar refractivity (Wildman–Crippen MR) is 112 cm³/mol. The lowest BCUT2D eigenvalue weighted by Gasteiger charge is -2.20. The second-order valence-electron chi connectivity index (χ2n) is 7.88. The summed E-state index contributed by atoms with van der Waals surface area (Å²) in [5, 5.41) is 9.12. The molecule has 0 bridgehead atoms. The van der Waals surface area contributed by atoms with Gasteiger partial charge in [0.25, 0.3) is 5.91 Å². The summed E-state index contributed by atoms with van der Waals surface area (Å²) < 4.78 is 37.9. The number of halogens is 3. The zero-order valence-corrected chi connectivity index (χ0v) is 17.5. The van der Waals surface area contributed by atoms with Gasteiger partial charge in [0.05, 0.1) is 5.56 Å². The van der Waals surface area contributed by atoms with Gasteiger partial charge in [-0.3, -0.25) is 9.79 Å². The van der Waals surface area contributed by atoms with Crippen LogP contribution in [0, 0.1) is 0 Å². The highest BCUT2D eigenvalue weighted by Crippen LogP contribution is 2.29. The van der Waals surface area contributed by atoms with Crippen molar-refractivity contribution in [2.24, 2.45) is 4.99 Å². The second kappa shape index (κ2) is 9.65. The smallest absolute Gasteiger partial charge is 0.352 e. The number of nitrogens with one attached hydrogen (secondary N) is 3. The van der Waals surface area contributed by atoms with E-state index in [-0.39, 0.29) is 11.4 Å². The maximum atomic E-state index is 12.6. The normalized spacial score (nSPS) is 12.4. The van der Waals surface area contributed by atoms with Gasteiger partial charge in [-0.15, -0.1) is 0 Å². The lowest BCUT2D eigenvalue weighted by molar-refractivity contribution is -0.137. The molecule has 0 aliphatic heterocycles. The van der Waals surface area contributed by atoms with Crippen LogP contribution in [0.15, 0.2) is 53.5 Å². The fraction of sp³-hybridized carbons (Fsp3) is 0.364. The molecule has 0 radical (unpaired) electrons. The Hall–Kier alpha value is -3.03. The molecule has 30 heavy (non-hydrogen) atoms. The highest BCUT2D eigenvalue weighted by atomic mass is 19.4. The minimum absolute atomic E-state index is 0.144. The summed E-state index contributed by atoms with van der Waals surface area (Å²) in [4.78, 5) is 16.4. The molecule has 0 saturated heterocycles. The molecule has 0 aliphatic carbocycles. The number of carbonyl (C=O) groups excluding carboxylic acids is 1. The van der Waals surface area contributed by atoms with Crippen LogP contribution in [0.5, 0.6) is 0 Å². The summed E-state index contributed by atoms with van der Waals surface area (Å²) in [5.41, 5.74) is 1.16. The van der Waals surface area contributed by atoms with Crippen LogP contribution in [0.1, 0.15) is 47.8 Å². The first kappa shape index (κ1) is 23.3. The third-order valence-electron chi connectivity index (χ3n) is 4.10. The van der Waals surface area contributed by atoms with Gasteiger partial charge in [-0.25, -0.2) is 0 Å². The Morgan fingerprint density at radius 3 is 2.07 bits per heavy atom. The van der Waals surface area contributed by atoms with Crippen LogP contribution in [-0.2, 0) is 19.3 Å². The van der Waals surface area contributed by atoms with Gasteiger partial charge in [-0.1, -0.05) is 24.3 Å². The van der Waals surface area contributed by atoms with Crippen molar-refractivity contribution in [2.75, 3.05) is 7.05 Å². The number of benzene rings is 2.